The summed E-state index contributed by atoms with van der Waals surface area (Å²) in [7, 11) is 4.06. The van der Waals surface area contributed by atoms with Crippen LogP contribution in [-0.2, 0) is 0 Å². The highest BCUT2D eigenvalue weighted by molar-refractivity contribution is 5.35. The van der Waals surface area contributed by atoms with Crippen molar-refractivity contribution in [2.45, 2.75) is 33.7 Å². The van der Waals surface area contributed by atoms with E-state index >= 15 is 0 Å². The van der Waals surface area contributed by atoms with Gasteiger partial charge in [-0.2, -0.15) is 5.26 Å². The third-order valence-electron chi connectivity index (χ3n) is 3.21. The highest BCUT2D eigenvalue weighted by atomic mass is 15.1. The number of nitrogens with zero attached hydrogens (tertiary/aromatic N) is 2. The summed E-state index contributed by atoms with van der Waals surface area (Å²) >= 11 is 0. The minimum absolute atomic E-state index is 0.119. The van der Waals surface area contributed by atoms with Crippen molar-refractivity contribution in [3.63, 3.8) is 0 Å². The van der Waals surface area contributed by atoms with Crippen LogP contribution in [0.3, 0.4) is 0 Å². The van der Waals surface area contributed by atoms with Gasteiger partial charge in [0.05, 0.1) is 17.5 Å². The summed E-state index contributed by atoms with van der Waals surface area (Å²) in [6.07, 6.45) is 0. The van der Waals surface area contributed by atoms with E-state index in [1.807, 2.05) is 27.9 Å². The molecule has 2 heteroatoms. The van der Waals surface area contributed by atoms with Crippen LogP contribution in [0.25, 0.3) is 0 Å². The van der Waals surface area contributed by atoms with Crippen molar-refractivity contribution in [2.24, 2.45) is 5.41 Å². The molecule has 1 atom stereocenters. The summed E-state index contributed by atoms with van der Waals surface area (Å²) in [5, 5.41) is 9.34. The van der Waals surface area contributed by atoms with Crippen LogP contribution >= 0.6 is 0 Å². The van der Waals surface area contributed by atoms with Crippen molar-refractivity contribution in [1.29, 1.82) is 5.26 Å². The smallest absolute Gasteiger partial charge is 0.0714 e. The summed E-state index contributed by atoms with van der Waals surface area (Å²) in [6, 6.07) is 8.98. The van der Waals surface area contributed by atoms with E-state index in [2.05, 4.69) is 43.0 Å². The van der Waals surface area contributed by atoms with Crippen LogP contribution in [0.4, 0.5) is 0 Å². The number of nitriles is 1. The number of hydrogen-bond donors (Lipinski definition) is 0. The average molecular weight is 230 g/mol. The minimum atomic E-state index is -0.399. The van der Waals surface area contributed by atoms with Gasteiger partial charge in [0.25, 0.3) is 0 Å². The molecule has 17 heavy (non-hydrogen) atoms. The molecule has 92 valence electrons. The fraction of sp³-hybridized carbons (Fsp3) is 0.533. The molecular weight excluding hydrogens is 208 g/mol. The van der Waals surface area contributed by atoms with E-state index in [0.717, 1.165) is 0 Å². The van der Waals surface area contributed by atoms with Crippen LogP contribution in [0.5, 0.6) is 0 Å². The maximum absolute atomic E-state index is 9.34. The fourth-order valence-corrected chi connectivity index (χ4v) is 2.51. The van der Waals surface area contributed by atoms with Crippen molar-refractivity contribution < 1.29 is 0 Å². The summed E-state index contributed by atoms with van der Waals surface area (Å²) in [5.41, 5.74) is 3.36. The Hall–Kier alpha value is -1.33. The van der Waals surface area contributed by atoms with E-state index in [1.165, 1.54) is 16.7 Å². The number of aryl methyl sites for hydroxylation is 2. The average Bonchev–Trinajstić information content (AvgIpc) is 2.21. The molecule has 0 bridgehead atoms. The van der Waals surface area contributed by atoms with E-state index in [0.29, 0.717) is 0 Å². The predicted octanol–water partition coefficient (Wildman–Crippen LogP) is 3.46. The Bertz CT molecular complexity index is 439. The van der Waals surface area contributed by atoms with Gasteiger partial charge in [0.2, 0.25) is 0 Å². The lowest BCUT2D eigenvalue weighted by Gasteiger charge is -2.35. The molecule has 0 radical (unpaired) electrons. The standard InChI is InChI=1S/C15H22N2/c1-11-7-8-13(12(2)9-11)14(17(5)6)15(3,4)10-16/h7-9,14H,1-6H3. The fourth-order valence-electron chi connectivity index (χ4n) is 2.51. The van der Waals surface area contributed by atoms with E-state index in [9.17, 15) is 5.26 Å². The van der Waals surface area contributed by atoms with Gasteiger partial charge in [0, 0.05) is 0 Å². The monoisotopic (exact) mass is 230 g/mol. The van der Waals surface area contributed by atoms with Gasteiger partial charge in [-0.3, -0.25) is 0 Å². The molecule has 0 amide bonds. The van der Waals surface area contributed by atoms with Crippen LogP contribution in [0.15, 0.2) is 18.2 Å². The molecule has 0 spiro atoms. The molecule has 0 fully saturated rings. The normalized spacial score (nSPS) is 13.5. The van der Waals surface area contributed by atoms with E-state index in [-0.39, 0.29) is 6.04 Å². The lowest BCUT2D eigenvalue weighted by molar-refractivity contribution is 0.184. The Kier molecular flexibility index (Phi) is 3.95. The van der Waals surface area contributed by atoms with Crippen LogP contribution in [0.1, 0.15) is 36.6 Å². The molecular formula is C15H22N2. The van der Waals surface area contributed by atoms with Gasteiger partial charge in [0.15, 0.2) is 0 Å². The zero-order valence-corrected chi connectivity index (χ0v) is 11.7. The van der Waals surface area contributed by atoms with Gasteiger partial charge in [-0.05, 0) is 52.9 Å². The highest BCUT2D eigenvalue weighted by Crippen LogP contribution is 2.37. The van der Waals surface area contributed by atoms with E-state index in [1.54, 1.807) is 0 Å². The van der Waals surface area contributed by atoms with Crippen LogP contribution in [-0.4, -0.2) is 19.0 Å². The van der Waals surface area contributed by atoms with Gasteiger partial charge < -0.3 is 4.90 Å². The molecule has 0 heterocycles. The second-order valence-corrected chi connectivity index (χ2v) is 5.56. The molecule has 0 saturated carbocycles. The number of rotatable bonds is 3. The molecule has 0 aromatic heterocycles. The van der Waals surface area contributed by atoms with Crippen molar-refractivity contribution in [2.75, 3.05) is 14.1 Å². The molecule has 0 aliphatic carbocycles. The Morgan fingerprint density at radius 2 is 1.82 bits per heavy atom. The van der Waals surface area contributed by atoms with Gasteiger partial charge in [-0.15, -0.1) is 0 Å². The summed E-state index contributed by atoms with van der Waals surface area (Å²) in [6.45, 7) is 8.21. The third-order valence-corrected chi connectivity index (χ3v) is 3.21. The van der Waals surface area contributed by atoms with Crippen LogP contribution in [0, 0.1) is 30.6 Å². The Labute approximate surface area is 105 Å². The van der Waals surface area contributed by atoms with E-state index < -0.39 is 5.41 Å². The van der Waals surface area contributed by atoms with E-state index in [4.69, 9.17) is 0 Å². The highest BCUT2D eigenvalue weighted by Gasteiger charge is 2.33. The summed E-state index contributed by atoms with van der Waals surface area (Å²) < 4.78 is 0. The molecule has 1 rings (SSSR count). The topological polar surface area (TPSA) is 27.0 Å². The molecule has 2 nitrogen and oxygen atoms in total. The Morgan fingerprint density at radius 3 is 2.24 bits per heavy atom. The van der Waals surface area contributed by atoms with Crippen molar-refractivity contribution in [3.8, 4) is 6.07 Å². The molecule has 0 aliphatic rings. The number of hydrogen-bond acceptors (Lipinski definition) is 2. The molecule has 0 N–H and O–H groups in total. The zero-order chi connectivity index (χ0) is 13.2. The van der Waals surface area contributed by atoms with Crippen molar-refractivity contribution in [1.82, 2.24) is 4.90 Å². The van der Waals surface area contributed by atoms with Crippen LogP contribution < -0.4 is 0 Å². The molecule has 0 aliphatic heterocycles. The van der Waals surface area contributed by atoms with Crippen LogP contribution in [0.2, 0.25) is 0 Å². The maximum atomic E-state index is 9.34. The molecule has 1 unspecified atom stereocenters. The molecule has 1 aromatic carbocycles. The lowest BCUT2D eigenvalue weighted by atomic mass is 9.79. The summed E-state index contributed by atoms with van der Waals surface area (Å²) in [5.74, 6) is 0. The quantitative estimate of drug-likeness (QED) is 0.795. The first-order valence-corrected chi connectivity index (χ1v) is 5.94. The first-order valence-electron chi connectivity index (χ1n) is 5.94. The lowest BCUT2D eigenvalue weighted by Crippen LogP contribution is -2.33. The zero-order valence-electron chi connectivity index (χ0n) is 11.7. The first kappa shape index (κ1) is 13.7. The number of benzene rings is 1. The van der Waals surface area contributed by atoms with Gasteiger partial charge in [-0.1, -0.05) is 23.8 Å². The van der Waals surface area contributed by atoms with Gasteiger partial charge >= 0.3 is 0 Å². The molecule has 0 saturated heterocycles. The van der Waals surface area contributed by atoms with Gasteiger partial charge in [-0.25, -0.2) is 0 Å². The second-order valence-electron chi connectivity index (χ2n) is 5.56. The third kappa shape index (κ3) is 2.87. The Balaban J connectivity index is 3.30. The largest absolute Gasteiger partial charge is 0.301 e. The maximum Gasteiger partial charge on any atom is 0.0714 e. The summed E-state index contributed by atoms with van der Waals surface area (Å²) in [4.78, 5) is 2.13. The first-order chi connectivity index (χ1) is 7.79. The van der Waals surface area contributed by atoms with Crippen molar-refractivity contribution >= 4 is 0 Å². The van der Waals surface area contributed by atoms with Crippen molar-refractivity contribution in [3.05, 3.63) is 34.9 Å². The second kappa shape index (κ2) is 4.89. The Morgan fingerprint density at radius 1 is 1.24 bits per heavy atom. The SMILES string of the molecule is Cc1ccc(C(N(C)C)C(C)(C)C#N)c(C)c1. The minimum Gasteiger partial charge on any atom is -0.301 e. The molecule has 1 aromatic rings. The predicted molar refractivity (Wildman–Crippen MR) is 71.7 cm³/mol. The van der Waals surface area contributed by atoms with Gasteiger partial charge in [0.1, 0.15) is 0 Å².